The molecule has 0 unspecified atom stereocenters. The third-order valence-electron chi connectivity index (χ3n) is 2.11. The Morgan fingerprint density at radius 3 is 2.63 bits per heavy atom. The Labute approximate surface area is 115 Å². The lowest BCUT2D eigenvalue weighted by atomic mass is 10.4. The van der Waals surface area contributed by atoms with Gasteiger partial charge in [0.2, 0.25) is 10.0 Å². The van der Waals surface area contributed by atoms with E-state index in [-0.39, 0.29) is 21.2 Å². The van der Waals surface area contributed by atoms with Crippen LogP contribution >= 0.6 is 22.7 Å². The first-order valence-electron chi connectivity index (χ1n) is 4.86. The molecule has 0 fully saturated rings. The minimum absolute atomic E-state index is 0.0542. The minimum Gasteiger partial charge on any atom is -0.478 e. The van der Waals surface area contributed by atoms with Crippen molar-refractivity contribution in [2.24, 2.45) is 0 Å². The van der Waals surface area contributed by atoms with Crippen molar-refractivity contribution in [3.63, 3.8) is 0 Å². The van der Waals surface area contributed by atoms with E-state index in [0.29, 0.717) is 5.69 Å². The van der Waals surface area contributed by atoms with Crippen molar-refractivity contribution in [1.82, 2.24) is 9.71 Å². The largest absolute Gasteiger partial charge is 0.478 e. The van der Waals surface area contributed by atoms with Crippen molar-refractivity contribution < 1.29 is 18.3 Å². The number of sulfonamides is 1. The number of aromatic carboxylic acids is 1. The zero-order valence-electron chi connectivity index (χ0n) is 9.24. The van der Waals surface area contributed by atoms with Crippen LogP contribution in [0.15, 0.2) is 25.8 Å². The van der Waals surface area contributed by atoms with E-state index < -0.39 is 16.0 Å². The smallest absolute Gasteiger partial charge is 0.336 e. The molecule has 0 aliphatic heterocycles. The Bertz CT molecular complexity index is 755. The van der Waals surface area contributed by atoms with Crippen LogP contribution in [-0.4, -0.2) is 24.5 Å². The molecule has 0 amide bonds. The van der Waals surface area contributed by atoms with Gasteiger partial charge >= 0.3 is 10.8 Å². The summed E-state index contributed by atoms with van der Waals surface area (Å²) in [6.45, 7) is -0.0542. The number of hydrogen-bond acceptors (Lipinski definition) is 6. The van der Waals surface area contributed by atoms with Crippen molar-refractivity contribution in [3.8, 4) is 0 Å². The Kier molecular flexibility index (Phi) is 3.85. The molecule has 2 aromatic heterocycles. The second kappa shape index (κ2) is 5.25. The van der Waals surface area contributed by atoms with E-state index in [0.717, 1.165) is 28.7 Å². The molecule has 0 atom stereocenters. The molecular weight excluding hydrogens is 312 g/mol. The van der Waals surface area contributed by atoms with E-state index in [4.69, 9.17) is 5.11 Å². The average molecular weight is 320 g/mol. The number of aromatic nitrogens is 1. The lowest BCUT2D eigenvalue weighted by molar-refractivity contribution is 0.0697. The summed E-state index contributed by atoms with van der Waals surface area (Å²) in [6, 6.07) is 1.09. The molecule has 0 aromatic carbocycles. The van der Waals surface area contributed by atoms with Gasteiger partial charge in [0.05, 0.1) is 12.1 Å². The molecule has 2 rings (SSSR count). The molecule has 2 heterocycles. The Morgan fingerprint density at radius 2 is 2.11 bits per heavy atom. The quantitative estimate of drug-likeness (QED) is 0.749. The zero-order valence-corrected chi connectivity index (χ0v) is 11.7. The molecular formula is C9H8N2O5S3. The summed E-state index contributed by atoms with van der Waals surface area (Å²) < 4.78 is 25.9. The van der Waals surface area contributed by atoms with Crippen molar-refractivity contribution >= 4 is 38.7 Å². The maximum atomic E-state index is 11.9. The van der Waals surface area contributed by atoms with E-state index >= 15 is 0 Å². The standard InChI is InChI=1S/C9H8N2O5S3/c12-8(13)5-1-7(17-3-5)19(15,16)10-2-6-4-18-9(14)11-6/h1,3-4,10H,2H2,(H,11,14)(H,12,13). The molecule has 0 aliphatic carbocycles. The van der Waals surface area contributed by atoms with Crippen LogP contribution in [0, 0.1) is 0 Å². The van der Waals surface area contributed by atoms with Gasteiger partial charge in [-0.2, -0.15) is 0 Å². The molecule has 3 N–H and O–H groups in total. The topological polar surface area (TPSA) is 116 Å². The van der Waals surface area contributed by atoms with Gasteiger partial charge in [-0.3, -0.25) is 4.79 Å². The molecule has 0 saturated heterocycles. The van der Waals surface area contributed by atoms with Gasteiger partial charge in [0.1, 0.15) is 4.21 Å². The van der Waals surface area contributed by atoms with Crippen LogP contribution in [0.1, 0.15) is 16.1 Å². The minimum atomic E-state index is -3.77. The fraction of sp³-hybridized carbons (Fsp3) is 0.111. The molecule has 2 aromatic rings. The van der Waals surface area contributed by atoms with Gasteiger partial charge < -0.3 is 10.1 Å². The maximum absolute atomic E-state index is 11.9. The number of thiazole rings is 1. The number of H-pyrrole nitrogens is 1. The number of thiophene rings is 1. The summed E-state index contributed by atoms with van der Waals surface area (Å²) in [4.78, 5) is 23.8. The molecule has 0 bridgehead atoms. The van der Waals surface area contributed by atoms with Gasteiger partial charge in [-0.25, -0.2) is 17.9 Å². The highest BCUT2D eigenvalue weighted by Crippen LogP contribution is 2.20. The van der Waals surface area contributed by atoms with Gasteiger partial charge in [-0.1, -0.05) is 11.3 Å². The normalized spacial score (nSPS) is 11.6. The first-order chi connectivity index (χ1) is 8.88. The lowest BCUT2D eigenvalue weighted by Crippen LogP contribution is -2.22. The van der Waals surface area contributed by atoms with E-state index in [2.05, 4.69) is 9.71 Å². The SMILES string of the molecule is O=C(O)c1csc(S(=O)(=O)NCc2csc(=O)[nH]2)c1. The predicted molar refractivity (Wildman–Crippen MR) is 70.2 cm³/mol. The predicted octanol–water partition coefficient (Wildman–Crippen LogP) is 0.675. The summed E-state index contributed by atoms with van der Waals surface area (Å²) >= 11 is 1.76. The molecule has 10 heteroatoms. The van der Waals surface area contributed by atoms with E-state index in [1.165, 1.54) is 10.8 Å². The van der Waals surface area contributed by atoms with Gasteiger partial charge in [0.15, 0.2) is 0 Å². The lowest BCUT2D eigenvalue weighted by Gasteiger charge is -2.02. The van der Waals surface area contributed by atoms with Crippen molar-refractivity contribution in [2.75, 3.05) is 0 Å². The first-order valence-corrected chi connectivity index (χ1v) is 8.11. The summed E-state index contributed by atoms with van der Waals surface area (Å²) in [5.74, 6) is -1.18. The van der Waals surface area contributed by atoms with Crippen LogP contribution in [-0.2, 0) is 16.6 Å². The summed E-state index contributed by atoms with van der Waals surface area (Å²) in [5.41, 5.74) is 0.378. The molecule has 7 nitrogen and oxygen atoms in total. The van der Waals surface area contributed by atoms with E-state index in [1.54, 1.807) is 0 Å². The van der Waals surface area contributed by atoms with Crippen LogP contribution in [0.4, 0.5) is 0 Å². The van der Waals surface area contributed by atoms with Crippen molar-refractivity contribution in [1.29, 1.82) is 0 Å². The molecule has 0 radical (unpaired) electrons. The first kappa shape index (κ1) is 13.9. The number of nitrogens with one attached hydrogen (secondary N) is 2. The third kappa shape index (κ3) is 3.29. The Hall–Kier alpha value is -1.49. The van der Waals surface area contributed by atoms with Gasteiger partial charge in [0, 0.05) is 16.5 Å². The number of aromatic amines is 1. The molecule has 0 spiro atoms. The Morgan fingerprint density at radius 1 is 1.37 bits per heavy atom. The summed E-state index contributed by atoms with van der Waals surface area (Å²) in [5, 5.41) is 11.5. The monoisotopic (exact) mass is 320 g/mol. The fourth-order valence-electron chi connectivity index (χ4n) is 1.21. The summed E-state index contributed by atoms with van der Waals surface area (Å²) in [6.07, 6.45) is 0. The maximum Gasteiger partial charge on any atom is 0.336 e. The number of carboxylic acid groups (broad SMARTS) is 1. The van der Waals surface area contributed by atoms with E-state index in [9.17, 15) is 18.0 Å². The molecule has 0 saturated carbocycles. The van der Waals surface area contributed by atoms with Gasteiger partial charge in [-0.15, -0.1) is 11.3 Å². The fourth-order valence-corrected chi connectivity index (χ4v) is 4.00. The average Bonchev–Trinajstić information content (AvgIpc) is 2.95. The van der Waals surface area contributed by atoms with Crippen molar-refractivity contribution in [2.45, 2.75) is 10.8 Å². The second-order valence-electron chi connectivity index (χ2n) is 3.46. The van der Waals surface area contributed by atoms with Crippen LogP contribution in [0.5, 0.6) is 0 Å². The highest BCUT2D eigenvalue weighted by atomic mass is 32.2. The molecule has 19 heavy (non-hydrogen) atoms. The number of carboxylic acids is 1. The number of rotatable bonds is 5. The van der Waals surface area contributed by atoms with Crippen LogP contribution < -0.4 is 9.60 Å². The van der Waals surface area contributed by atoms with Gasteiger partial charge in [0.25, 0.3) is 0 Å². The zero-order chi connectivity index (χ0) is 14.0. The van der Waals surface area contributed by atoms with Crippen LogP contribution in [0.3, 0.4) is 0 Å². The Balaban J connectivity index is 2.13. The highest BCUT2D eigenvalue weighted by Gasteiger charge is 2.18. The summed E-state index contributed by atoms with van der Waals surface area (Å²) in [7, 11) is -3.77. The van der Waals surface area contributed by atoms with Crippen LogP contribution in [0.2, 0.25) is 0 Å². The van der Waals surface area contributed by atoms with Gasteiger partial charge in [-0.05, 0) is 6.07 Å². The third-order valence-corrected chi connectivity index (χ3v) is 5.67. The number of hydrogen-bond donors (Lipinski definition) is 3. The highest BCUT2D eigenvalue weighted by molar-refractivity contribution is 7.91. The number of carbonyl (C=O) groups is 1. The van der Waals surface area contributed by atoms with Crippen LogP contribution in [0.25, 0.3) is 0 Å². The molecule has 102 valence electrons. The van der Waals surface area contributed by atoms with E-state index in [1.807, 2.05) is 0 Å². The molecule has 0 aliphatic rings. The van der Waals surface area contributed by atoms with Crippen molar-refractivity contribution in [3.05, 3.63) is 37.8 Å². The second-order valence-corrected chi connectivity index (χ2v) is 7.20.